The summed E-state index contributed by atoms with van der Waals surface area (Å²) in [6, 6.07) is 23.8. The molecule has 0 spiro atoms. The number of carbonyl (C=O) groups excluding carboxylic acids is 1. The van der Waals surface area contributed by atoms with Gasteiger partial charge in [0.1, 0.15) is 5.75 Å². The number of fused-ring (bicyclic) bond motifs is 1. The zero-order valence-electron chi connectivity index (χ0n) is 13.7. The minimum atomic E-state index is -0.500. The molecule has 3 aromatic rings. The van der Waals surface area contributed by atoms with Gasteiger partial charge in [-0.1, -0.05) is 73.7 Å². The van der Waals surface area contributed by atoms with Crippen molar-refractivity contribution in [2.75, 3.05) is 0 Å². The van der Waals surface area contributed by atoms with Crippen LogP contribution in [0.25, 0.3) is 10.8 Å². The first-order valence-electron chi connectivity index (χ1n) is 8.24. The summed E-state index contributed by atoms with van der Waals surface area (Å²) >= 11 is 0. The molecule has 0 aliphatic carbocycles. The lowest BCUT2D eigenvalue weighted by molar-refractivity contribution is -0.128. The normalized spacial score (nSPS) is 11.9. The van der Waals surface area contributed by atoms with E-state index in [9.17, 15) is 4.79 Å². The Labute approximate surface area is 142 Å². The van der Waals surface area contributed by atoms with Crippen LogP contribution in [0, 0.1) is 0 Å². The van der Waals surface area contributed by atoms with Gasteiger partial charge in [0.25, 0.3) is 5.91 Å². The predicted molar refractivity (Wildman–Crippen MR) is 96.9 cm³/mol. The predicted octanol–water partition coefficient (Wildman–Crippen LogP) is 4.31. The molecule has 3 heteroatoms. The van der Waals surface area contributed by atoms with Gasteiger partial charge in [0.05, 0.1) is 0 Å². The molecular formula is C21H21NO2. The van der Waals surface area contributed by atoms with Gasteiger partial charge in [-0.25, -0.2) is 0 Å². The average Bonchev–Trinajstić information content (AvgIpc) is 2.65. The van der Waals surface area contributed by atoms with Crippen LogP contribution in [0.1, 0.15) is 18.9 Å². The minimum absolute atomic E-state index is 0.0886. The molecule has 0 aromatic heterocycles. The van der Waals surface area contributed by atoms with Crippen LogP contribution in [0.3, 0.4) is 0 Å². The van der Waals surface area contributed by atoms with Crippen LogP contribution < -0.4 is 10.1 Å². The van der Waals surface area contributed by atoms with Crippen LogP contribution in [0.2, 0.25) is 0 Å². The van der Waals surface area contributed by atoms with E-state index >= 15 is 0 Å². The van der Waals surface area contributed by atoms with Crippen molar-refractivity contribution in [3.05, 3.63) is 78.4 Å². The third-order valence-corrected chi connectivity index (χ3v) is 3.99. The van der Waals surface area contributed by atoms with Gasteiger partial charge in [0.2, 0.25) is 0 Å². The fraction of sp³-hybridized carbons (Fsp3) is 0.190. The third kappa shape index (κ3) is 3.74. The second-order valence-electron chi connectivity index (χ2n) is 5.70. The summed E-state index contributed by atoms with van der Waals surface area (Å²) in [4.78, 5) is 12.5. The molecule has 0 aliphatic rings. The highest BCUT2D eigenvalue weighted by atomic mass is 16.5. The van der Waals surface area contributed by atoms with Gasteiger partial charge < -0.3 is 10.1 Å². The summed E-state index contributed by atoms with van der Waals surface area (Å²) in [5.41, 5.74) is 1.07. The Morgan fingerprint density at radius 1 is 0.958 bits per heavy atom. The van der Waals surface area contributed by atoms with Crippen molar-refractivity contribution >= 4 is 16.7 Å². The lowest BCUT2D eigenvalue weighted by Crippen LogP contribution is -2.37. The second kappa shape index (κ2) is 7.64. The van der Waals surface area contributed by atoms with Crippen LogP contribution >= 0.6 is 0 Å². The molecule has 0 saturated heterocycles. The van der Waals surface area contributed by atoms with Crippen molar-refractivity contribution in [1.29, 1.82) is 0 Å². The maximum atomic E-state index is 12.5. The van der Waals surface area contributed by atoms with Crippen molar-refractivity contribution in [3.8, 4) is 5.75 Å². The smallest absolute Gasteiger partial charge is 0.261 e. The van der Waals surface area contributed by atoms with E-state index in [4.69, 9.17) is 4.74 Å². The Balaban J connectivity index is 1.70. The number of hydrogen-bond acceptors (Lipinski definition) is 2. The number of ether oxygens (including phenoxy) is 1. The summed E-state index contributed by atoms with van der Waals surface area (Å²) in [6.45, 7) is 2.47. The monoisotopic (exact) mass is 319 g/mol. The molecule has 0 fully saturated rings. The lowest BCUT2D eigenvalue weighted by Gasteiger charge is -2.18. The Bertz CT molecular complexity index is 809. The molecule has 0 heterocycles. The van der Waals surface area contributed by atoms with Crippen LogP contribution in [-0.4, -0.2) is 12.0 Å². The summed E-state index contributed by atoms with van der Waals surface area (Å²) in [5, 5.41) is 5.08. The van der Waals surface area contributed by atoms with Crippen molar-refractivity contribution in [2.24, 2.45) is 0 Å². The molecule has 1 N–H and O–H groups in total. The molecule has 3 aromatic carbocycles. The van der Waals surface area contributed by atoms with Crippen LogP contribution in [0.5, 0.6) is 5.75 Å². The van der Waals surface area contributed by atoms with E-state index in [2.05, 4.69) is 5.32 Å². The first kappa shape index (κ1) is 16.1. The zero-order valence-corrected chi connectivity index (χ0v) is 13.7. The summed E-state index contributed by atoms with van der Waals surface area (Å²) in [6.07, 6.45) is 0.114. The van der Waals surface area contributed by atoms with Crippen molar-refractivity contribution in [1.82, 2.24) is 5.32 Å². The summed E-state index contributed by atoms with van der Waals surface area (Å²) in [5.74, 6) is 0.657. The van der Waals surface area contributed by atoms with Gasteiger partial charge in [-0.2, -0.15) is 0 Å². The molecular weight excluding hydrogens is 298 g/mol. The molecule has 0 bridgehead atoms. The Hall–Kier alpha value is -2.81. The topological polar surface area (TPSA) is 38.3 Å². The Kier molecular flexibility index (Phi) is 5.12. The van der Waals surface area contributed by atoms with E-state index in [1.54, 1.807) is 0 Å². The SMILES string of the molecule is CCC(Oc1cccc2ccccc12)C(=O)NCc1ccccc1. The van der Waals surface area contributed by atoms with Gasteiger partial charge in [-0.05, 0) is 23.4 Å². The van der Waals surface area contributed by atoms with Crippen molar-refractivity contribution in [3.63, 3.8) is 0 Å². The van der Waals surface area contributed by atoms with Gasteiger partial charge in [-0.3, -0.25) is 4.79 Å². The molecule has 1 atom stereocenters. The molecule has 24 heavy (non-hydrogen) atoms. The van der Waals surface area contributed by atoms with E-state index in [0.29, 0.717) is 13.0 Å². The second-order valence-corrected chi connectivity index (χ2v) is 5.70. The van der Waals surface area contributed by atoms with Crippen LogP contribution in [0.15, 0.2) is 72.8 Å². The van der Waals surface area contributed by atoms with Crippen molar-refractivity contribution in [2.45, 2.75) is 26.0 Å². The number of amides is 1. The summed E-state index contributed by atoms with van der Waals surface area (Å²) < 4.78 is 6.02. The van der Waals surface area contributed by atoms with E-state index in [1.165, 1.54) is 0 Å². The highest BCUT2D eigenvalue weighted by Crippen LogP contribution is 2.26. The first-order chi connectivity index (χ1) is 11.8. The number of nitrogens with one attached hydrogen (secondary N) is 1. The molecule has 122 valence electrons. The van der Waals surface area contributed by atoms with Crippen LogP contribution in [0.4, 0.5) is 0 Å². The quantitative estimate of drug-likeness (QED) is 0.735. The van der Waals surface area contributed by atoms with Gasteiger partial charge >= 0.3 is 0 Å². The summed E-state index contributed by atoms with van der Waals surface area (Å²) in [7, 11) is 0. The maximum Gasteiger partial charge on any atom is 0.261 e. The van der Waals surface area contributed by atoms with Gasteiger partial charge in [-0.15, -0.1) is 0 Å². The molecule has 0 aliphatic heterocycles. The highest BCUT2D eigenvalue weighted by Gasteiger charge is 2.18. The molecule has 0 saturated carbocycles. The number of hydrogen-bond donors (Lipinski definition) is 1. The van der Waals surface area contributed by atoms with Crippen molar-refractivity contribution < 1.29 is 9.53 Å². The fourth-order valence-corrected chi connectivity index (χ4v) is 2.67. The Morgan fingerprint density at radius 3 is 2.46 bits per heavy atom. The maximum absolute atomic E-state index is 12.5. The molecule has 1 unspecified atom stereocenters. The first-order valence-corrected chi connectivity index (χ1v) is 8.24. The van der Waals surface area contributed by atoms with E-state index in [0.717, 1.165) is 22.1 Å². The largest absolute Gasteiger partial charge is 0.480 e. The number of carbonyl (C=O) groups is 1. The van der Waals surface area contributed by atoms with Gasteiger partial charge in [0, 0.05) is 11.9 Å². The zero-order chi connectivity index (χ0) is 16.8. The molecule has 0 radical (unpaired) electrons. The highest BCUT2D eigenvalue weighted by molar-refractivity contribution is 5.89. The average molecular weight is 319 g/mol. The number of benzene rings is 3. The minimum Gasteiger partial charge on any atom is -0.480 e. The molecule has 3 rings (SSSR count). The van der Waals surface area contributed by atoms with E-state index in [1.807, 2.05) is 79.7 Å². The standard InChI is InChI=1S/C21H21NO2/c1-2-19(21(23)22-15-16-9-4-3-5-10-16)24-20-14-8-12-17-11-6-7-13-18(17)20/h3-14,19H,2,15H2,1H3,(H,22,23). The van der Waals surface area contributed by atoms with Gasteiger partial charge in [0.15, 0.2) is 6.10 Å². The Morgan fingerprint density at radius 2 is 1.67 bits per heavy atom. The molecule has 1 amide bonds. The number of rotatable bonds is 6. The van der Waals surface area contributed by atoms with E-state index in [-0.39, 0.29) is 5.91 Å². The van der Waals surface area contributed by atoms with E-state index < -0.39 is 6.10 Å². The third-order valence-electron chi connectivity index (χ3n) is 3.99. The van der Waals surface area contributed by atoms with Crippen LogP contribution in [-0.2, 0) is 11.3 Å². The lowest BCUT2D eigenvalue weighted by atomic mass is 10.1. The molecule has 3 nitrogen and oxygen atoms in total. The fourth-order valence-electron chi connectivity index (χ4n) is 2.67.